The largest absolute Gasteiger partial charge is 0.354 e. The van der Waals surface area contributed by atoms with Crippen LogP contribution in [-0.2, 0) is 17.6 Å². The van der Waals surface area contributed by atoms with Crippen LogP contribution in [-0.4, -0.2) is 22.4 Å². The molecule has 1 aromatic heterocycles. The minimum atomic E-state index is -0.0525. The van der Waals surface area contributed by atoms with Gasteiger partial charge in [0.2, 0.25) is 11.9 Å². The van der Waals surface area contributed by atoms with Crippen molar-refractivity contribution < 1.29 is 4.79 Å². The zero-order valence-electron chi connectivity index (χ0n) is 14.0. The van der Waals surface area contributed by atoms with E-state index in [0.717, 1.165) is 34.0 Å². The van der Waals surface area contributed by atoms with Gasteiger partial charge in [-0.25, -0.2) is 9.97 Å². The Balaban J connectivity index is 1.54. The highest BCUT2D eigenvalue weighted by molar-refractivity contribution is 6.30. The molecule has 0 unspecified atom stereocenters. The molecule has 0 bridgehead atoms. The lowest BCUT2D eigenvalue weighted by molar-refractivity contribution is -0.115. The first-order valence-corrected chi connectivity index (χ1v) is 8.80. The first-order valence-electron chi connectivity index (χ1n) is 8.42. The highest BCUT2D eigenvalue weighted by Crippen LogP contribution is 2.32. The van der Waals surface area contributed by atoms with Gasteiger partial charge in [0.15, 0.2) is 0 Å². The van der Waals surface area contributed by atoms with Crippen molar-refractivity contribution in [3.05, 3.63) is 70.9 Å². The number of nitrogens with zero attached hydrogens (tertiary/aromatic N) is 2. The Morgan fingerprint density at radius 2 is 1.92 bits per heavy atom. The van der Waals surface area contributed by atoms with Crippen LogP contribution in [0.15, 0.2) is 54.7 Å². The Hall–Kier alpha value is -2.92. The molecular weight excluding hydrogens is 348 g/mol. The van der Waals surface area contributed by atoms with Crippen molar-refractivity contribution in [2.75, 3.05) is 17.2 Å². The van der Waals surface area contributed by atoms with Gasteiger partial charge in [-0.1, -0.05) is 41.9 Å². The molecule has 0 radical (unpaired) electrons. The van der Waals surface area contributed by atoms with E-state index in [-0.39, 0.29) is 12.3 Å². The van der Waals surface area contributed by atoms with Gasteiger partial charge in [-0.3, -0.25) is 4.79 Å². The fourth-order valence-electron chi connectivity index (χ4n) is 2.99. The van der Waals surface area contributed by atoms with Crippen molar-refractivity contribution in [2.45, 2.75) is 12.8 Å². The van der Waals surface area contributed by atoms with Crippen LogP contribution >= 0.6 is 11.6 Å². The van der Waals surface area contributed by atoms with Crippen LogP contribution in [0.5, 0.6) is 0 Å². The quantitative estimate of drug-likeness (QED) is 0.735. The second-order valence-electron chi connectivity index (χ2n) is 6.14. The number of carbonyl (C=O) groups excluding carboxylic acids is 1. The van der Waals surface area contributed by atoms with E-state index in [1.165, 1.54) is 5.56 Å². The molecule has 1 aliphatic heterocycles. The molecule has 0 atom stereocenters. The summed E-state index contributed by atoms with van der Waals surface area (Å²) in [6, 6.07) is 15.5. The van der Waals surface area contributed by atoms with Gasteiger partial charge in [0.1, 0.15) is 0 Å². The van der Waals surface area contributed by atoms with Gasteiger partial charge in [0, 0.05) is 28.9 Å². The van der Waals surface area contributed by atoms with E-state index in [1.807, 2.05) is 48.5 Å². The Morgan fingerprint density at radius 1 is 1.12 bits per heavy atom. The number of para-hydroxylation sites is 1. The average Bonchev–Trinajstić information content (AvgIpc) is 2.78. The third-order valence-electron chi connectivity index (χ3n) is 4.28. The number of hydrogen-bond acceptors (Lipinski definition) is 4. The van der Waals surface area contributed by atoms with E-state index in [0.29, 0.717) is 12.5 Å². The number of halogens is 1. The topological polar surface area (TPSA) is 66.9 Å². The zero-order chi connectivity index (χ0) is 17.9. The van der Waals surface area contributed by atoms with E-state index < -0.39 is 0 Å². The van der Waals surface area contributed by atoms with Gasteiger partial charge in [-0.05, 0) is 30.2 Å². The van der Waals surface area contributed by atoms with E-state index in [9.17, 15) is 4.79 Å². The average molecular weight is 365 g/mol. The predicted octanol–water partition coefficient (Wildman–Crippen LogP) is 3.95. The van der Waals surface area contributed by atoms with E-state index in [2.05, 4.69) is 20.6 Å². The Morgan fingerprint density at radius 3 is 2.77 bits per heavy atom. The number of amides is 1. The summed E-state index contributed by atoms with van der Waals surface area (Å²) in [4.78, 5) is 21.1. The lowest BCUT2D eigenvalue weighted by Gasteiger charge is -2.10. The normalized spacial score (nSPS) is 12.6. The molecule has 2 N–H and O–H groups in total. The van der Waals surface area contributed by atoms with Crippen LogP contribution in [0.1, 0.15) is 11.1 Å². The molecule has 5 nitrogen and oxygen atoms in total. The smallest absolute Gasteiger partial charge is 0.228 e. The summed E-state index contributed by atoms with van der Waals surface area (Å²) in [5, 5.41) is 6.91. The summed E-state index contributed by atoms with van der Waals surface area (Å²) in [5.41, 5.74) is 4.51. The van der Waals surface area contributed by atoms with E-state index in [4.69, 9.17) is 11.6 Å². The Kier molecular flexibility index (Phi) is 4.54. The van der Waals surface area contributed by atoms with Gasteiger partial charge in [0.05, 0.1) is 17.8 Å². The lowest BCUT2D eigenvalue weighted by Crippen LogP contribution is -2.13. The standard InChI is InChI=1S/C20H17ClN4O/c21-15-7-5-13(6-8-15)9-10-22-20-23-12-14-11-18(26)24-17-4-2-1-3-16(17)19(14)25-20/h1-8,12H,9-11H2,(H,24,26)(H,22,23,25). The van der Waals surface area contributed by atoms with Crippen LogP contribution in [0.25, 0.3) is 11.3 Å². The molecule has 3 aromatic rings. The molecular formula is C20H17ClN4O. The molecule has 0 saturated heterocycles. The molecule has 130 valence electrons. The zero-order valence-corrected chi connectivity index (χ0v) is 14.8. The van der Waals surface area contributed by atoms with Crippen molar-refractivity contribution in [3.63, 3.8) is 0 Å². The summed E-state index contributed by atoms with van der Waals surface area (Å²) in [6.45, 7) is 0.708. The summed E-state index contributed by atoms with van der Waals surface area (Å²) in [7, 11) is 0. The van der Waals surface area contributed by atoms with Crippen LogP contribution in [0, 0.1) is 0 Å². The molecule has 0 aliphatic carbocycles. The lowest BCUT2D eigenvalue weighted by atomic mass is 10.1. The SMILES string of the molecule is O=C1Cc2cnc(NCCc3ccc(Cl)cc3)nc2-c2ccccc2N1. The van der Waals surface area contributed by atoms with Crippen molar-refractivity contribution in [2.24, 2.45) is 0 Å². The first-order chi connectivity index (χ1) is 12.7. The van der Waals surface area contributed by atoms with Gasteiger partial charge < -0.3 is 10.6 Å². The number of carbonyl (C=O) groups is 1. The van der Waals surface area contributed by atoms with Crippen LogP contribution in [0.2, 0.25) is 5.02 Å². The summed E-state index contributed by atoms with van der Waals surface area (Å²) >= 11 is 5.91. The second kappa shape index (κ2) is 7.14. The van der Waals surface area contributed by atoms with Crippen molar-refractivity contribution in [3.8, 4) is 11.3 Å². The maximum Gasteiger partial charge on any atom is 0.228 e. The number of benzene rings is 2. The molecule has 0 fully saturated rings. The highest BCUT2D eigenvalue weighted by atomic mass is 35.5. The van der Waals surface area contributed by atoms with Crippen molar-refractivity contribution >= 4 is 29.1 Å². The molecule has 4 rings (SSSR count). The fraction of sp³-hybridized carbons (Fsp3) is 0.150. The second-order valence-corrected chi connectivity index (χ2v) is 6.58. The number of hydrogen-bond donors (Lipinski definition) is 2. The fourth-order valence-corrected chi connectivity index (χ4v) is 3.12. The third-order valence-corrected chi connectivity index (χ3v) is 4.53. The number of fused-ring (bicyclic) bond motifs is 3. The van der Waals surface area contributed by atoms with Gasteiger partial charge >= 0.3 is 0 Å². The van der Waals surface area contributed by atoms with E-state index in [1.54, 1.807) is 6.20 Å². The van der Waals surface area contributed by atoms with Crippen LogP contribution in [0.3, 0.4) is 0 Å². The highest BCUT2D eigenvalue weighted by Gasteiger charge is 2.20. The Bertz CT molecular complexity index is 956. The maximum absolute atomic E-state index is 12.1. The summed E-state index contributed by atoms with van der Waals surface area (Å²) < 4.78 is 0. The number of rotatable bonds is 4. The minimum absolute atomic E-state index is 0.0525. The van der Waals surface area contributed by atoms with Crippen molar-refractivity contribution in [1.82, 2.24) is 9.97 Å². The predicted molar refractivity (Wildman–Crippen MR) is 103 cm³/mol. The van der Waals surface area contributed by atoms with Gasteiger partial charge in [0.25, 0.3) is 0 Å². The van der Waals surface area contributed by atoms with Crippen LogP contribution in [0.4, 0.5) is 11.6 Å². The molecule has 2 heterocycles. The van der Waals surface area contributed by atoms with E-state index >= 15 is 0 Å². The first kappa shape index (κ1) is 16.5. The molecule has 1 aliphatic rings. The summed E-state index contributed by atoms with van der Waals surface area (Å²) in [5.74, 6) is 0.505. The Labute approximate surface area is 156 Å². The van der Waals surface area contributed by atoms with Gasteiger partial charge in [-0.15, -0.1) is 0 Å². The van der Waals surface area contributed by atoms with Gasteiger partial charge in [-0.2, -0.15) is 0 Å². The molecule has 1 amide bonds. The molecule has 26 heavy (non-hydrogen) atoms. The third kappa shape index (κ3) is 3.53. The number of anilines is 2. The number of nitrogens with one attached hydrogen (secondary N) is 2. The molecule has 0 spiro atoms. The molecule has 0 saturated carbocycles. The maximum atomic E-state index is 12.1. The number of aromatic nitrogens is 2. The minimum Gasteiger partial charge on any atom is -0.354 e. The molecule has 6 heteroatoms. The summed E-state index contributed by atoms with van der Waals surface area (Å²) in [6.07, 6.45) is 2.85. The van der Waals surface area contributed by atoms with Crippen molar-refractivity contribution in [1.29, 1.82) is 0 Å². The van der Waals surface area contributed by atoms with Crippen LogP contribution < -0.4 is 10.6 Å². The molecule has 2 aromatic carbocycles. The monoisotopic (exact) mass is 364 g/mol.